The summed E-state index contributed by atoms with van der Waals surface area (Å²) in [6.07, 6.45) is 5.33. The number of carbonyl (C=O) groups excluding carboxylic acids is 1. The van der Waals surface area contributed by atoms with Gasteiger partial charge >= 0.3 is 6.09 Å². The van der Waals surface area contributed by atoms with Crippen LogP contribution in [-0.4, -0.2) is 43.8 Å². The number of ether oxygens (including phenoxy) is 1. The summed E-state index contributed by atoms with van der Waals surface area (Å²) < 4.78 is 5.11. The number of rotatable bonds is 7. The summed E-state index contributed by atoms with van der Waals surface area (Å²) in [6.45, 7) is 18.1. The maximum Gasteiger partial charge on any atom is 0.409 e. The van der Waals surface area contributed by atoms with Gasteiger partial charge in [-0.25, -0.2) is 4.79 Å². The highest BCUT2D eigenvalue weighted by Gasteiger charge is 2.23. The Hall–Kier alpha value is -2.14. The minimum Gasteiger partial charge on any atom is -0.450 e. The van der Waals surface area contributed by atoms with E-state index in [9.17, 15) is 4.79 Å². The summed E-state index contributed by atoms with van der Waals surface area (Å²) >= 11 is 1.81. The molecule has 1 amide bonds. The van der Waals surface area contributed by atoms with Gasteiger partial charge in [-0.2, -0.15) is 0 Å². The van der Waals surface area contributed by atoms with Crippen molar-refractivity contribution in [1.82, 2.24) is 4.90 Å². The van der Waals surface area contributed by atoms with Crippen LogP contribution in [-0.2, 0) is 4.74 Å². The molecule has 0 atom stereocenters. The highest BCUT2D eigenvalue weighted by atomic mass is 32.2. The molecule has 4 nitrogen and oxygen atoms in total. The number of piperazine rings is 1. The van der Waals surface area contributed by atoms with Gasteiger partial charge in [-0.3, -0.25) is 0 Å². The number of benzene rings is 2. The van der Waals surface area contributed by atoms with E-state index in [1.807, 2.05) is 32.5 Å². The molecular weight excluding hydrogens is 440 g/mol. The molecule has 2 aromatic carbocycles. The molecule has 0 bridgehead atoms. The normalized spacial score (nSPS) is 12.8. The smallest absolute Gasteiger partial charge is 0.409 e. The van der Waals surface area contributed by atoms with Gasteiger partial charge in [0.2, 0.25) is 0 Å². The molecule has 1 saturated heterocycles. The predicted molar refractivity (Wildman–Crippen MR) is 148 cm³/mol. The van der Waals surface area contributed by atoms with Crippen LogP contribution < -0.4 is 4.90 Å². The van der Waals surface area contributed by atoms with E-state index in [0.29, 0.717) is 19.7 Å². The Morgan fingerprint density at radius 1 is 0.882 bits per heavy atom. The molecule has 34 heavy (non-hydrogen) atoms. The van der Waals surface area contributed by atoms with Crippen LogP contribution in [0.5, 0.6) is 0 Å². The summed E-state index contributed by atoms with van der Waals surface area (Å²) in [6, 6.07) is 15.1. The Labute approximate surface area is 213 Å². The molecule has 1 heterocycles. The molecule has 0 radical (unpaired) electrons. The lowest BCUT2D eigenvalue weighted by molar-refractivity contribution is 0.105. The third-order valence-electron chi connectivity index (χ3n) is 5.52. The van der Waals surface area contributed by atoms with Crippen LogP contribution in [0.2, 0.25) is 0 Å². The van der Waals surface area contributed by atoms with Crippen molar-refractivity contribution in [2.45, 2.75) is 83.9 Å². The summed E-state index contributed by atoms with van der Waals surface area (Å²) in [5.74, 6) is 0. The standard InChI is InChI=1S/C21H26N2O2S.C6H14.C2H6/c1-4-25-21(24)23-13-11-22(12-14-23)18-7-5-6-8-20(18)26-19-10-9-16(2)15-17(19)3;1-3-5-6-4-2;1-2/h5-10,15H,4,11-14H2,1-3H3;3-6H2,1-2H3;1-2H3. The molecule has 2 aromatic rings. The molecule has 3 rings (SSSR count). The molecule has 0 spiro atoms. The summed E-state index contributed by atoms with van der Waals surface area (Å²) in [7, 11) is 0. The van der Waals surface area contributed by atoms with Gasteiger partial charge in [0.15, 0.2) is 0 Å². The van der Waals surface area contributed by atoms with Crippen LogP contribution in [0.1, 0.15) is 71.4 Å². The number of nitrogens with zero attached hydrogens (tertiary/aromatic N) is 2. The van der Waals surface area contributed by atoms with Crippen LogP contribution in [0, 0.1) is 13.8 Å². The van der Waals surface area contributed by atoms with Gasteiger partial charge in [0.25, 0.3) is 0 Å². The van der Waals surface area contributed by atoms with Gasteiger partial charge in [-0.05, 0) is 44.5 Å². The fraction of sp³-hybridized carbons (Fsp3) is 0.552. The maximum absolute atomic E-state index is 11.9. The Morgan fingerprint density at radius 3 is 2.06 bits per heavy atom. The Balaban J connectivity index is 0.000000631. The molecule has 0 unspecified atom stereocenters. The fourth-order valence-electron chi connectivity index (χ4n) is 3.68. The van der Waals surface area contributed by atoms with E-state index in [0.717, 1.165) is 13.1 Å². The Bertz CT molecular complexity index is 829. The van der Waals surface area contributed by atoms with E-state index in [-0.39, 0.29) is 6.09 Å². The summed E-state index contributed by atoms with van der Waals surface area (Å²) in [5, 5.41) is 0. The van der Waals surface area contributed by atoms with Gasteiger partial charge in [0, 0.05) is 36.0 Å². The minimum atomic E-state index is -0.204. The number of unbranched alkanes of at least 4 members (excludes halogenated alkanes) is 3. The first-order valence-corrected chi connectivity index (χ1v) is 13.8. The number of carbonyl (C=O) groups is 1. The van der Waals surface area contributed by atoms with Gasteiger partial charge in [0.05, 0.1) is 12.3 Å². The zero-order valence-electron chi connectivity index (χ0n) is 22.5. The van der Waals surface area contributed by atoms with Crippen molar-refractivity contribution in [3.05, 3.63) is 53.6 Å². The largest absolute Gasteiger partial charge is 0.450 e. The number of anilines is 1. The van der Waals surface area contributed by atoms with Crippen LogP contribution in [0.4, 0.5) is 10.5 Å². The van der Waals surface area contributed by atoms with E-state index in [4.69, 9.17) is 4.74 Å². The van der Waals surface area contributed by atoms with Crippen molar-refractivity contribution < 1.29 is 9.53 Å². The first-order valence-electron chi connectivity index (χ1n) is 13.0. The summed E-state index contributed by atoms with van der Waals surface area (Å²) in [4.78, 5) is 18.6. The van der Waals surface area contributed by atoms with Crippen molar-refractivity contribution in [3.63, 3.8) is 0 Å². The lowest BCUT2D eigenvalue weighted by Crippen LogP contribution is -2.49. The zero-order chi connectivity index (χ0) is 25.3. The lowest BCUT2D eigenvalue weighted by Gasteiger charge is -2.36. The van der Waals surface area contributed by atoms with Crippen LogP contribution >= 0.6 is 11.8 Å². The van der Waals surface area contributed by atoms with Crippen molar-refractivity contribution >= 4 is 23.5 Å². The Kier molecular flexibility index (Phi) is 15.2. The first kappa shape index (κ1) is 29.9. The molecule has 5 heteroatoms. The fourth-order valence-corrected chi connectivity index (χ4v) is 4.72. The zero-order valence-corrected chi connectivity index (χ0v) is 23.3. The van der Waals surface area contributed by atoms with E-state index in [2.05, 4.69) is 75.1 Å². The number of amides is 1. The molecule has 0 saturated carbocycles. The molecule has 0 aromatic heterocycles. The minimum absolute atomic E-state index is 0.204. The number of aryl methyl sites for hydroxylation is 2. The van der Waals surface area contributed by atoms with E-state index < -0.39 is 0 Å². The first-order chi connectivity index (χ1) is 16.5. The van der Waals surface area contributed by atoms with E-state index in [1.54, 1.807) is 4.90 Å². The number of hydrogen-bond acceptors (Lipinski definition) is 4. The van der Waals surface area contributed by atoms with Crippen molar-refractivity contribution in [2.75, 3.05) is 37.7 Å². The van der Waals surface area contributed by atoms with E-state index in [1.165, 1.54) is 52.3 Å². The van der Waals surface area contributed by atoms with Crippen LogP contribution in [0.3, 0.4) is 0 Å². The average Bonchev–Trinajstić information content (AvgIpc) is 2.86. The molecule has 0 N–H and O–H groups in total. The molecule has 1 aliphatic rings. The number of para-hydroxylation sites is 1. The SMILES string of the molecule is CC.CCCCCC.CCOC(=O)N1CCN(c2ccccc2Sc2ccc(C)cc2C)CC1. The molecule has 1 aliphatic heterocycles. The second-order valence-electron chi connectivity index (χ2n) is 8.22. The van der Waals surface area contributed by atoms with Crippen LogP contribution in [0.15, 0.2) is 52.3 Å². The van der Waals surface area contributed by atoms with Crippen molar-refractivity contribution in [3.8, 4) is 0 Å². The van der Waals surface area contributed by atoms with Gasteiger partial charge < -0.3 is 14.5 Å². The van der Waals surface area contributed by atoms with Crippen molar-refractivity contribution in [2.24, 2.45) is 0 Å². The second-order valence-corrected chi connectivity index (χ2v) is 9.30. The van der Waals surface area contributed by atoms with E-state index >= 15 is 0 Å². The third kappa shape index (κ3) is 10.0. The quantitative estimate of drug-likeness (QED) is 0.368. The Morgan fingerprint density at radius 2 is 1.50 bits per heavy atom. The van der Waals surface area contributed by atoms with Gasteiger partial charge in [-0.1, -0.05) is 95.0 Å². The topological polar surface area (TPSA) is 32.8 Å². The lowest BCUT2D eigenvalue weighted by atomic mass is 10.2. The highest BCUT2D eigenvalue weighted by molar-refractivity contribution is 7.99. The van der Waals surface area contributed by atoms with Gasteiger partial charge in [0.1, 0.15) is 0 Å². The third-order valence-corrected chi connectivity index (χ3v) is 6.76. The van der Waals surface area contributed by atoms with Crippen molar-refractivity contribution in [1.29, 1.82) is 0 Å². The van der Waals surface area contributed by atoms with Crippen LogP contribution in [0.25, 0.3) is 0 Å². The monoisotopic (exact) mass is 486 g/mol. The highest BCUT2D eigenvalue weighted by Crippen LogP contribution is 2.37. The summed E-state index contributed by atoms with van der Waals surface area (Å²) in [5.41, 5.74) is 3.83. The molecule has 1 fully saturated rings. The molecule has 0 aliphatic carbocycles. The predicted octanol–water partition coefficient (Wildman–Crippen LogP) is 8.35. The second kappa shape index (κ2) is 17.3. The number of hydrogen-bond donors (Lipinski definition) is 0. The average molecular weight is 487 g/mol. The molecule has 190 valence electrons. The maximum atomic E-state index is 11.9. The molecular formula is C29H46N2O2S. The van der Waals surface area contributed by atoms with Gasteiger partial charge in [-0.15, -0.1) is 0 Å².